The minimum absolute atomic E-state index is 0. The van der Waals surface area contributed by atoms with Crippen LogP contribution in [0.2, 0.25) is 0 Å². The van der Waals surface area contributed by atoms with Gasteiger partial charge in [0.25, 0.3) is 0 Å². The molecule has 0 aromatic heterocycles. The maximum atomic E-state index is 9.47. The molecule has 1 radical (unpaired) electrons. The number of carbonyl (C=O) groups is 4. The SMILES string of the molecule is O.O.O.O.[Cu+2].[K+].[K+].[NH-]C(=O)NC([NH-])=O.[NH-]C(=O)NC([NH-])=O. The van der Waals surface area contributed by atoms with E-state index in [0.29, 0.717) is 0 Å². The molecule has 14 nitrogen and oxygen atoms in total. The van der Waals surface area contributed by atoms with Gasteiger partial charge in [0, 0.05) is 0 Å². The van der Waals surface area contributed by atoms with Gasteiger partial charge in [-0.2, -0.15) is 0 Å². The number of urea groups is 4. The van der Waals surface area contributed by atoms with Crippen LogP contribution in [-0.2, 0) is 17.1 Å². The molecular formula is C4H14CuK2N6O8. The molecule has 0 aliphatic carbocycles. The first-order valence-electron chi connectivity index (χ1n) is 2.82. The Labute approximate surface area is 214 Å². The zero-order valence-electron chi connectivity index (χ0n) is 10.9. The second-order valence-corrected chi connectivity index (χ2v) is 1.57. The molecule has 0 bridgehead atoms. The average molecular weight is 416 g/mol. The summed E-state index contributed by atoms with van der Waals surface area (Å²) in [5.74, 6) is 0. The Morgan fingerprint density at radius 1 is 0.524 bits per heavy atom. The van der Waals surface area contributed by atoms with Crippen LogP contribution in [0, 0.1) is 0 Å². The smallest absolute Gasteiger partial charge is 0.447 e. The van der Waals surface area contributed by atoms with Crippen molar-refractivity contribution in [2.24, 2.45) is 0 Å². The molecule has 0 atom stereocenters. The van der Waals surface area contributed by atoms with Gasteiger partial charge in [0.1, 0.15) is 0 Å². The molecule has 0 aliphatic rings. The van der Waals surface area contributed by atoms with Gasteiger partial charge in [0.15, 0.2) is 24.1 Å². The number of hydrogen-bond donors (Lipinski definition) is 2. The standard InChI is InChI=1S/2C2H5N3O2.Cu.2K.4H2O/c2*3-1(6)5-2(4)7;;;;;;;/h2*(H5,3,4,5,6,7);;;;4*1H2/q;;+2;2*+1;;;;/p-4. The molecule has 0 saturated carbocycles. The maximum absolute atomic E-state index is 9.47. The van der Waals surface area contributed by atoms with E-state index in [1.807, 2.05) is 0 Å². The van der Waals surface area contributed by atoms with Gasteiger partial charge < -0.3 is 55.5 Å². The van der Waals surface area contributed by atoms with E-state index in [4.69, 9.17) is 22.9 Å². The van der Waals surface area contributed by atoms with Crippen molar-refractivity contribution < 1.29 is 161 Å². The van der Waals surface area contributed by atoms with Crippen molar-refractivity contribution in [1.29, 1.82) is 0 Å². The fourth-order valence-electron chi connectivity index (χ4n) is 0.206. The van der Waals surface area contributed by atoms with E-state index in [1.54, 1.807) is 0 Å². The fourth-order valence-corrected chi connectivity index (χ4v) is 0.206. The van der Waals surface area contributed by atoms with E-state index in [2.05, 4.69) is 0 Å². The van der Waals surface area contributed by atoms with Crippen LogP contribution in [0.15, 0.2) is 0 Å². The molecule has 14 N–H and O–H groups in total. The predicted octanol–water partition coefficient (Wildman–Crippen LogP) is -7.45. The average Bonchev–Trinajstić information content (AvgIpc) is 1.79. The van der Waals surface area contributed by atoms with E-state index in [0.717, 1.165) is 0 Å². The predicted molar refractivity (Wildman–Crippen MR) is 59.6 cm³/mol. The van der Waals surface area contributed by atoms with Crippen molar-refractivity contribution in [3.8, 4) is 0 Å². The summed E-state index contributed by atoms with van der Waals surface area (Å²) in [4.78, 5) is 37.9. The molecule has 121 valence electrons. The van der Waals surface area contributed by atoms with Gasteiger partial charge in [-0.05, 0) is 0 Å². The van der Waals surface area contributed by atoms with E-state index >= 15 is 0 Å². The van der Waals surface area contributed by atoms with Crippen LogP contribution in [0.4, 0.5) is 19.2 Å². The number of imide groups is 2. The Balaban J connectivity index is -0.0000000147. The zero-order chi connectivity index (χ0) is 11.7. The largest absolute Gasteiger partial charge is 2.00 e. The molecule has 21 heavy (non-hydrogen) atoms. The Hall–Kier alpha value is 1.11. The summed E-state index contributed by atoms with van der Waals surface area (Å²) >= 11 is 0. The third kappa shape index (κ3) is 92.9. The summed E-state index contributed by atoms with van der Waals surface area (Å²) in [7, 11) is 0. The summed E-state index contributed by atoms with van der Waals surface area (Å²) in [6.07, 6.45) is 0. The minimum atomic E-state index is -1.25. The minimum Gasteiger partial charge on any atom is -0.447 e. The summed E-state index contributed by atoms with van der Waals surface area (Å²) in [5, 5.41) is 2.72. The molecule has 0 saturated heterocycles. The summed E-state index contributed by atoms with van der Waals surface area (Å²) in [6, 6.07) is -5.00. The number of rotatable bonds is 0. The number of nitrogens with one attached hydrogen (secondary N) is 6. The molecule has 0 aliphatic heterocycles. The van der Waals surface area contributed by atoms with Gasteiger partial charge in [-0.15, -0.1) is 0 Å². The summed E-state index contributed by atoms with van der Waals surface area (Å²) in [6.45, 7) is 0. The topological polar surface area (TPSA) is 314 Å². The first-order chi connectivity index (χ1) is 6.25. The van der Waals surface area contributed by atoms with Crippen LogP contribution < -0.4 is 113 Å². The summed E-state index contributed by atoms with van der Waals surface area (Å²) < 4.78 is 0. The van der Waals surface area contributed by atoms with Crippen LogP contribution in [0.3, 0.4) is 0 Å². The molecule has 0 fully saturated rings. The molecule has 0 aromatic carbocycles. The number of amides is 8. The molecule has 0 unspecified atom stereocenters. The normalized spacial score (nSPS) is 4.95. The second kappa shape index (κ2) is 37.4. The third-order valence-corrected chi connectivity index (χ3v) is 0.454. The van der Waals surface area contributed by atoms with E-state index in [-0.39, 0.29) is 142 Å². The third-order valence-electron chi connectivity index (χ3n) is 0.454. The summed E-state index contributed by atoms with van der Waals surface area (Å²) in [5.41, 5.74) is 24.1. The Bertz CT molecular complexity index is 221. The van der Waals surface area contributed by atoms with Crippen molar-refractivity contribution in [2.75, 3.05) is 0 Å². The van der Waals surface area contributed by atoms with Crippen LogP contribution >= 0.6 is 0 Å². The zero-order valence-corrected chi connectivity index (χ0v) is 18.1. The quantitative estimate of drug-likeness (QED) is 0.363. The molecule has 8 amide bonds. The second-order valence-electron chi connectivity index (χ2n) is 1.57. The van der Waals surface area contributed by atoms with Gasteiger partial charge in [-0.25, -0.2) is 0 Å². The van der Waals surface area contributed by atoms with E-state index < -0.39 is 24.1 Å². The van der Waals surface area contributed by atoms with Crippen molar-refractivity contribution >= 4 is 24.1 Å². The van der Waals surface area contributed by atoms with Gasteiger partial charge in [-0.3, -0.25) is 19.2 Å². The fraction of sp³-hybridized carbons (Fsp3) is 0. The molecular weight excluding hydrogens is 402 g/mol. The number of carbonyl (C=O) groups excluding carboxylic acids is 4. The first kappa shape index (κ1) is 57.3. The number of hydrogen-bond acceptors (Lipinski definition) is 4. The maximum Gasteiger partial charge on any atom is 2.00 e. The van der Waals surface area contributed by atoms with Gasteiger partial charge in [-0.1, -0.05) is 0 Å². The van der Waals surface area contributed by atoms with Crippen LogP contribution in [0.1, 0.15) is 0 Å². The van der Waals surface area contributed by atoms with Crippen LogP contribution in [0.5, 0.6) is 0 Å². The van der Waals surface area contributed by atoms with Crippen molar-refractivity contribution in [2.45, 2.75) is 0 Å². The Kier molecular flexibility index (Phi) is 102. The van der Waals surface area contributed by atoms with Crippen molar-refractivity contribution in [3.05, 3.63) is 22.9 Å². The van der Waals surface area contributed by atoms with E-state index in [1.165, 1.54) is 10.6 Å². The van der Waals surface area contributed by atoms with Crippen LogP contribution in [-0.4, -0.2) is 46.0 Å². The Morgan fingerprint density at radius 2 is 0.619 bits per heavy atom. The van der Waals surface area contributed by atoms with Crippen LogP contribution in [0.25, 0.3) is 22.9 Å². The van der Waals surface area contributed by atoms with E-state index in [9.17, 15) is 19.2 Å². The molecule has 0 rings (SSSR count). The molecule has 0 aromatic rings. The van der Waals surface area contributed by atoms with Gasteiger partial charge >= 0.3 is 120 Å². The molecule has 0 spiro atoms. The van der Waals surface area contributed by atoms with Crippen molar-refractivity contribution in [1.82, 2.24) is 10.6 Å². The molecule has 0 heterocycles. The van der Waals surface area contributed by atoms with Gasteiger partial charge in [0.05, 0.1) is 0 Å². The van der Waals surface area contributed by atoms with Gasteiger partial charge in [0.2, 0.25) is 0 Å². The van der Waals surface area contributed by atoms with Crippen molar-refractivity contribution in [3.63, 3.8) is 0 Å². The molecule has 17 heteroatoms. The Morgan fingerprint density at radius 3 is 0.619 bits per heavy atom. The first-order valence-corrected chi connectivity index (χ1v) is 2.82. The monoisotopic (exact) mass is 415 g/mol.